The maximum absolute atomic E-state index is 13.0. The fourth-order valence-electron chi connectivity index (χ4n) is 2.92. The van der Waals surface area contributed by atoms with E-state index < -0.39 is 27.8 Å². The summed E-state index contributed by atoms with van der Waals surface area (Å²) in [6.07, 6.45) is -4.79. The fraction of sp³-hybridized carbons (Fsp3) is 0.300. The predicted octanol–water partition coefficient (Wildman–Crippen LogP) is 3.61. The molecule has 3 aromatic rings. The van der Waals surface area contributed by atoms with E-state index in [0.29, 0.717) is 5.69 Å². The molecular formula is C20H20BrF3N6O5S. The number of nitrogens with zero attached hydrogens (tertiary/aromatic N) is 4. The minimum Gasteiger partial charge on any atom is -0.481 e. The summed E-state index contributed by atoms with van der Waals surface area (Å²) in [6.45, 7) is 1.36. The minimum absolute atomic E-state index is 0.0784. The lowest BCUT2D eigenvalue weighted by Crippen LogP contribution is -2.17. The number of benzene rings is 1. The number of hydrogen-bond donors (Lipinski definition) is 2. The van der Waals surface area contributed by atoms with E-state index in [1.807, 2.05) is 0 Å². The van der Waals surface area contributed by atoms with Crippen molar-refractivity contribution in [3.8, 4) is 11.9 Å². The number of alkyl halides is 3. The third-order valence-electron chi connectivity index (χ3n) is 4.71. The number of rotatable bonds is 9. The summed E-state index contributed by atoms with van der Waals surface area (Å²) < 4.78 is 77.4. The first kappa shape index (κ1) is 27.2. The van der Waals surface area contributed by atoms with Crippen molar-refractivity contribution < 1.29 is 35.9 Å². The van der Waals surface area contributed by atoms with Crippen LogP contribution in [0.5, 0.6) is 11.9 Å². The molecule has 1 amide bonds. The standard InChI is InChI=1S/C20H20BrF3N6O5S/c1-11-17(21)18(20(22,23)24)28-30(11)9-8-15(31)25-12-4-6-13(7-5-12)36(32,33)29-14-10-16(34-2)27-19(26-14)35-3/h4-7,10H,8-9H2,1-3H3,(H,25,31)(H,26,27,29). The van der Waals surface area contributed by atoms with Crippen molar-refractivity contribution in [3.05, 3.63) is 46.2 Å². The molecule has 11 nitrogen and oxygen atoms in total. The van der Waals surface area contributed by atoms with Gasteiger partial charge in [-0.05, 0) is 47.1 Å². The molecule has 194 valence electrons. The van der Waals surface area contributed by atoms with Gasteiger partial charge in [0.2, 0.25) is 11.8 Å². The summed E-state index contributed by atoms with van der Waals surface area (Å²) in [7, 11) is -1.38. The number of hydrogen-bond acceptors (Lipinski definition) is 8. The van der Waals surface area contributed by atoms with Crippen LogP contribution in [0, 0.1) is 6.92 Å². The Bertz CT molecular complexity index is 1340. The number of sulfonamides is 1. The Morgan fingerprint density at radius 3 is 2.36 bits per heavy atom. The summed E-state index contributed by atoms with van der Waals surface area (Å²) >= 11 is 2.88. The maximum atomic E-state index is 13.0. The number of halogens is 4. The van der Waals surface area contributed by atoms with Gasteiger partial charge in [-0.25, -0.2) is 8.42 Å². The molecule has 0 radical (unpaired) electrons. The van der Waals surface area contributed by atoms with Gasteiger partial charge in [-0.2, -0.15) is 28.2 Å². The Balaban J connectivity index is 1.64. The maximum Gasteiger partial charge on any atom is 0.436 e. The summed E-state index contributed by atoms with van der Waals surface area (Å²) in [5.74, 6) is -0.487. The third-order valence-corrected chi connectivity index (χ3v) is 7.03. The Labute approximate surface area is 212 Å². The van der Waals surface area contributed by atoms with Crippen molar-refractivity contribution in [1.82, 2.24) is 19.7 Å². The number of nitrogens with one attached hydrogen (secondary N) is 2. The van der Waals surface area contributed by atoms with Crippen LogP contribution in [-0.2, 0) is 27.5 Å². The van der Waals surface area contributed by atoms with Gasteiger partial charge < -0.3 is 14.8 Å². The van der Waals surface area contributed by atoms with Crippen LogP contribution in [0.4, 0.5) is 24.7 Å². The summed E-state index contributed by atoms with van der Waals surface area (Å²) in [4.78, 5) is 19.9. The molecule has 0 spiro atoms. The lowest BCUT2D eigenvalue weighted by Gasteiger charge is -2.11. The predicted molar refractivity (Wildman–Crippen MR) is 125 cm³/mol. The topological polar surface area (TPSA) is 137 Å². The van der Waals surface area contributed by atoms with Crippen LogP contribution in [-0.4, -0.2) is 48.3 Å². The number of carbonyl (C=O) groups excluding carboxylic acids is 1. The van der Waals surface area contributed by atoms with E-state index in [1.54, 1.807) is 0 Å². The zero-order chi connectivity index (χ0) is 26.7. The molecule has 2 heterocycles. The van der Waals surface area contributed by atoms with Crippen molar-refractivity contribution >= 4 is 43.4 Å². The molecule has 2 N–H and O–H groups in total. The summed E-state index contributed by atoms with van der Waals surface area (Å²) in [5.41, 5.74) is -0.542. The van der Waals surface area contributed by atoms with E-state index in [2.05, 4.69) is 41.0 Å². The van der Waals surface area contributed by atoms with E-state index in [4.69, 9.17) is 9.47 Å². The van der Waals surface area contributed by atoms with Gasteiger partial charge in [0.05, 0.1) is 35.8 Å². The smallest absolute Gasteiger partial charge is 0.436 e. The first-order valence-electron chi connectivity index (χ1n) is 10.0. The van der Waals surface area contributed by atoms with Crippen LogP contribution in [0.3, 0.4) is 0 Å². The molecule has 0 saturated carbocycles. The molecule has 0 unspecified atom stereocenters. The van der Waals surface area contributed by atoms with E-state index in [0.717, 1.165) is 4.68 Å². The number of amides is 1. The summed E-state index contributed by atoms with van der Waals surface area (Å²) in [6, 6.07) is 6.43. The second-order valence-electron chi connectivity index (χ2n) is 7.18. The molecule has 0 aliphatic carbocycles. The number of carbonyl (C=O) groups is 1. The number of anilines is 2. The van der Waals surface area contributed by atoms with Gasteiger partial charge >= 0.3 is 12.2 Å². The molecule has 1 aromatic carbocycles. The van der Waals surface area contributed by atoms with Crippen LogP contribution >= 0.6 is 15.9 Å². The van der Waals surface area contributed by atoms with E-state index in [-0.39, 0.29) is 45.7 Å². The van der Waals surface area contributed by atoms with Crippen molar-refractivity contribution in [2.24, 2.45) is 0 Å². The van der Waals surface area contributed by atoms with Gasteiger partial charge in [-0.3, -0.25) is 14.2 Å². The van der Waals surface area contributed by atoms with Crippen LogP contribution < -0.4 is 19.5 Å². The number of ether oxygens (including phenoxy) is 2. The molecule has 2 aromatic heterocycles. The van der Waals surface area contributed by atoms with E-state index >= 15 is 0 Å². The van der Waals surface area contributed by atoms with Crippen LogP contribution in [0.15, 0.2) is 39.7 Å². The fourth-order valence-corrected chi connectivity index (χ4v) is 4.42. The molecular weight excluding hydrogens is 573 g/mol. The average molecular weight is 593 g/mol. The first-order chi connectivity index (χ1) is 16.8. The first-order valence-corrected chi connectivity index (χ1v) is 12.3. The largest absolute Gasteiger partial charge is 0.481 e. The normalized spacial score (nSPS) is 11.8. The zero-order valence-corrected chi connectivity index (χ0v) is 21.5. The Kier molecular flexibility index (Phi) is 8.08. The van der Waals surface area contributed by atoms with Gasteiger partial charge in [0.25, 0.3) is 10.0 Å². The number of aromatic nitrogens is 4. The molecule has 0 aliphatic heterocycles. The lowest BCUT2D eigenvalue weighted by molar-refractivity contribution is -0.142. The highest BCUT2D eigenvalue weighted by Gasteiger charge is 2.37. The average Bonchev–Trinajstić information content (AvgIpc) is 3.11. The molecule has 0 atom stereocenters. The van der Waals surface area contributed by atoms with E-state index in [1.165, 1.54) is 51.5 Å². The van der Waals surface area contributed by atoms with Crippen molar-refractivity contribution in [2.45, 2.75) is 31.0 Å². The van der Waals surface area contributed by atoms with Gasteiger partial charge in [-0.1, -0.05) is 0 Å². The van der Waals surface area contributed by atoms with Gasteiger partial charge in [0.15, 0.2) is 11.5 Å². The third kappa shape index (κ3) is 6.42. The molecule has 0 fully saturated rings. The molecule has 0 aliphatic rings. The van der Waals surface area contributed by atoms with Crippen molar-refractivity contribution in [1.29, 1.82) is 0 Å². The van der Waals surface area contributed by atoms with Crippen LogP contribution in [0.1, 0.15) is 17.8 Å². The SMILES string of the molecule is COc1cc(NS(=O)(=O)c2ccc(NC(=O)CCn3nc(C(F)(F)F)c(Br)c3C)cc2)nc(OC)n1. The highest BCUT2D eigenvalue weighted by atomic mass is 79.9. The number of aryl methyl sites for hydroxylation is 1. The second kappa shape index (κ2) is 10.7. The number of methoxy groups -OCH3 is 2. The van der Waals surface area contributed by atoms with Gasteiger partial charge in [0, 0.05) is 18.2 Å². The molecule has 3 rings (SSSR count). The molecule has 0 bridgehead atoms. The quantitative estimate of drug-likeness (QED) is 0.384. The Morgan fingerprint density at radius 1 is 1.14 bits per heavy atom. The monoisotopic (exact) mass is 592 g/mol. The molecule has 36 heavy (non-hydrogen) atoms. The van der Waals surface area contributed by atoms with Crippen LogP contribution in [0.25, 0.3) is 0 Å². The lowest BCUT2D eigenvalue weighted by atomic mass is 10.3. The van der Waals surface area contributed by atoms with E-state index in [9.17, 15) is 26.4 Å². The molecule has 0 saturated heterocycles. The van der Waals surface area contributed by atoms with Crippen molar-refractivity contribution in [3.63, 3.8) is 0 Å². The van der Waals surface area contributed by atoms with Crippen molar-refractivity contribution in [2.75, 3.05) is 24.3 Å². The zero-order valence-electron chi connectivity index (χ0n) is 19.1. The highest BCUT2D eigenvalue weighted by Crippen LogP contribution is 2.35. The minimum atomic E-state index is -4.63. The Hall–Kier alpha value is -3.40. The van der Waals surface area contributed by atoms with Gasteiger partial charge in [0.1, 0.15) is 0 Å². The van der Waals surface area contributed by atoms with Gasteiger partial charge in [-0.15, -0.1) is 0 Å². The summed E-state index contributed by atoms with van der Waals surface area (Å²) in [5, 5.41) is 6.08. The second-order valence-corrected chi connectivity index (χ2v) is 9.65. The molecule has 16 heteroatoms. The Morgan fingerprint density at radius 2 is 1.81 bits per heavy atom. The highest BCUT2D eigenvalue weighted by molar-refractivity contribution is 9.10. The van der Waals surface area contributed by atoms with Crippen LogP contribution in [0.2, 0.25) is 0 Å².